The van der Waals surface area contributed by atoms with Gasteiger partial charge in [0.15, 0.2) is 0 Å². The predicted molar refractivity (Wildman–Crippen MR) is 87.1 cm³/mol. The van der Waals surface area contributed by atoms with E-state index in [0.29, 0.717) is 18.7 Å². The van der Waals surface area contributed by atoms with E-state index < -0.39 is 11.8 Å². The van der Waals surface area contributed by atoms with Crippen LogP contribution in [0.4, 0.5) is 10.1 Å². The lowest BCUT2D eigenvalue weighted by Gasteiger charge is -2.37. The number of halogens is 3. The quantitative estimate of drug-likeness (QED) is 0.814. The van der Waals surface area contributed by atoms with E-state index in [9.17, 15) is 9.18 Å². The van der Waals surface area contributed by atoms with Crippen LogP contribution in [0.1, 0.15) is 34.6 Å². The maximum atomic E-state index is 13.8. The molecule has 0 saturated carbocycles. The minimum Gasteiger partial charge on any atom is -0.477 e. The zero-order chi connectivity index (χ0) is 16.7. The van der Waals surface area contributed by atoms with Crippen molar-refractivity contribution in [3.8, 4) is 0 Å². The van der Waals surface area contributed by atoms with Crippen LogP contribution < -0.4 is 4.90 Å². The van der Waals surface area contributed by atoms with E-state index in [1.165, 1.54) is 6.07 Å². The van der Waals surface area contributed by atoms with Gasteiger partial charge in [-0.2, -0.15) is 0 Å². The summed E-state index contributed by atoms with van der Waals surface area (Å²) in [5, 5.41) is 9.10. The molecular weight excluding hydrogens is 342 g/mol. The summed E-state index contributed by atoms with van der Waals surface area (Å²) in [6.45, 7) is 2.58. The maximum Gasteiger partial charge on any atom is 0.354 e. The van der Waals surface area contributed by atoms with Gasteiger partial charge >= 0.3 is 5.97 Å². The average Bonchev–Trinajstić information content (AvgIpc) is 2.52. The summed E-state index contributed by atoms with van der Waals surface area (Å²) < 4.78 is 13.8. The highest BCUT2D eigenvalue weighted by Gasteiger charge is 2.26. The van der Waals surface area contributed by atoms with Gasteiger partial charge in [-0.15, -0.1) is 0 Å². The summed E-state index contributed by atoms with van der Waals surface area (Å²) in [4.78, 5) is 17.0. The molecule has 1 aliphatic heterocycles. The molecule has 7 heteroatoms. The normalized spacial score (nSPS) is 17.0. The van der Waals surface area contributed by atoms with Crippen molar-refractivity contribution in [1.82, 2.24) is 4.98 Å². The van der Waals surface area contributed by atoms with Crippen molar-refractivity contribution in [3.63, 3.8) is 0 Å². The molecule has 0 amide bonds. The van der Waals surface area contributed by atoms with Gasteiger partial charge in [0.05, 0.1) is 16.1 Å². The maximum absolute atomic E-state index is 13.8. The van der Waals surface area contributed by atoms with Crippen LogP contribution in [-0.2, 0) is 6.42 Å². The number of fused-ring (bicyclic) bond motifs is 1. The van der Waals surface area contributed by atoms with Crippen LogP contribution in [0.15, 0.2) is 24.4 Å². The SMILES string of the molecule is C[C@@H]1c2cnc(C(=O)O)cc2CCN1c1cc(F)c(Cl)c(Cl)c1. The van der Waals surface area contributed by atoms with Crippen LogP contribution in [0.25, 0.3) is 0 Å². The molecule has 3 rings (SSSR count). The number of carboxylic acids is 1. The fourth-order valence-electron chi connectivity index (χ4n) is 2.88. The Morgan fingerprint density at radius 1 is 1.39 bits per heavy atom. The fourth-order valence-corrected chi connectivity index (χ4v) is 3.19. The summed E-state index contributed by atoms with van der Waals surface area (Å²) >= 11 is 11.7. The molecule has 2 aromatic rings. The number of aromatic nitrogens is 1. The second kappa shape index (κ2) is 5.98. The van der Waals surface area contributed by atoms with Crippen LogP contribution in [0, 0.1) is 5.82 Å². The van der Waals surface area contributed by atoms with Crippen molar-refractivity contribution in [2.75, 3.05) is 11.4 Å². The van der Waals surface area contributed by atoms with Crippen LogP contribution in [0.2, 0.25) is 10.0 Å². The molecule has 0 aliphatic carbocycles. The lowest BCUT2D eigenvalue weighted by Crippen LogP contribution is -2.34. The molecule has 1 aromatic carbocycles. The molecule has 1 atom stereocenters. The Labute approximate surface area is 142 Å². The Morgan fingerprint density at radius 2 is 2.13 bits per heavy atom. The third kappa shape index (κ3) is 2.86. The fraction of sp³-hybridized carbons (Fsp3) is 0.250. The van der Waals surface area contributed by atoms with Gasteiger partial charge < -0.3 is 10.0 Å². The molecule has 1 aromatic heterocycles. The van der Waals surface area contributed by atoms with Gasteiger partial charge in [-0.25, -0.2) is 14.2 Å². The number of pyridine rings is 1. The van der Waals surface area contributed by atoms with Crippen LogP contribution >= 0.6 is 23.2 Å². The van der Waals surface area contributed by atoms with Gasteiger partial charge in [0, 0.05) is 18.4 Å². The number of hydrogen-bond acceptors (Lipinski definition) is 3. The van der Waals surface area contributed by atoms with Crippen molar-refractivity contribution in [3.05, 3.63) is 57.1 Å². The van der Waals surface area contributed by atoms with E-state index in [4.69, 9.17) is 28.3 Å². The molecule has 0 unspecified atom stereocenters. The number of carboxylic acid groups (broad SMARTS) is 1. The number of hydrogen-bond donors (Lipinski definition) is 1. The molecule has 4 nitrogen and oxygen atoms in total. The summed E-state index contributed by atoms with van der Waals surface area (Å²) in [5.74, 6) is -1.61. The molecule has 1 aliphatic rings. The molecule has 0 radical (unpaired) electrons. The van der Waals surface area contributed by atoms with Gasteiger partial charge in [0.2, 0.25) is 0 Å². The highest BCUT2D eigenvalue weighted by molar-refractivity contribution is 6.42. The summed E-state index contributed by atoms with van der Waals surface area (Å²) in [7, 11) is 0. The number of benzene rings is 1. The predicted octanol–water partition coefficient (Wildman–Crippen LogP) is 4.35. The standard InChI is InChI=1S/C16H13Cl2FN2O2/c1-8-11-7-20-14(16(22)23)4-9(11)2-3-21(8)10-5-12(17)15(18)13(19)6-10/h4-8H,2-3H2,1H3,(H,22,23)/t8-/m1/s1. The lowest BCUT2D eigenvalue weighted by atomic mass is 9.94. The van der Waals surface area contributed by atoms with Crippen molar-refractivity contribution in [1.29, 1.82) is 0 Å². The van der Waals surface area contributed by atoms with Gasteiger partial charge in [0.1, 0.15) is 11.5 Å². The Morgan fingerprint density at radius 3 is 2.78 bits per heavy atom. The third-order valence-corrected chi connectivity index (χ3v) is 4.86. The van der Waals surface area contributed by atoms with Gasteiger partial charge in [-0.1, -0.05) is 23.2 Å². The number of nitrogens with zero attached hydrogens (tertiary/aromatic N) is 2. The topological polar surface area (TPSA) is 53.4 Å². The molecule has 0 fully saturated rings. The molecular formula is C16H13Cl2FN2O2. The van der Waals surface area contributed by atoms with Crippen molar-refractivity contribution >= 4 is 34.9 Å². The first kappa shape index (κ1) is 16.0. The van der Waals surface area contributed by atoms with Gasteiger partial charge in [-0.05, 0) is 42.7 Å². The Kier molecular flexibility index (Phi) is 4.17. The number of rotatable bonds is 2. The lowest BCUT2D eigenvalue weighted by molar-refractivity contribution is 0.0690. The average molecular weight is 355 g/mol. The monoisotopic (exact) mass is 354 g/mol. The second-order valence-corrected chi connectivity index (χ2v) is 6.20. The van der Waals surface area contributed by atoms with Crippen LogP contribution in [0.3, 0.4) is 0 Å². The third-order valence-electron chi connectivity index (χ3n) is 4.08. The summed E-state index contributed by atoms with van der Waals surface area (Å²) in [6, 6.07) is 4.51. The number of carbonyl (C=O) groups is 1. The Bertz CT molecular complexity index is 775. The molecule has 0 bridgehead atoms. The summed E-state index contributed by atoms with van der Waals surface area (Å²) in [6.07, 6.45) is 2.22. The van der Waals surface area contributed by atoms with Gasteiger partial charge in [-0.3, -0.25) is 0 Å². The van der Waals surface area contributed by atoms with Crippen molar-refractivity contribution in [2.24, 2.45) is 0 Å². The Hall–Kier alpha value is -1.85. The molecule has 2 heterocycles. The zero-order valence-electron chi connectivity index (χ0n) is 12.2. The first-order chi connectivity index (χ1) is 10.9. The molecule has 1 N–H and O–H groups in total. The minimum atomic E-state index is -1.05. The number of aromatic carboxylic acids is 1. The van der Waals surface area contributed by atoms with Crippen molar-refractivity contribution in [2.45, 2.75) is 19.4 Å². The molecule has 120 valence electrons. The summed E-state index contributed by atoms with van der Waals surface area (Å²) in [5.41, 5.74) is 2.54. The zero-order valence-corrected chi connectivity index (χ0v) is 13.7. The van der Waals surface area contributed by atoms with E-state index in [1.807, 2.05) is 11.8 Å². The van der Waals surface area contributed by atoms with Gasteiger partial charge in [0.25, 0.3) is 0 Å². The van der Waals surface area contributed by atoms with E-state index in [1.54, 1.807) is 18.3 Å². The molecule has 23 heavy (non-hydrogen) atoms. The first-order valence-corrected chi connectivity index (χ1v) is 7.77. The largest absolute Gasteiger partial charge is 0.477 e. The highest BCUT2D eigenvalue weighted by Crippen LogP contribution is 2.37. The molecule has 0 saturated heterocycles. The van der Waals surface area contributed by atoms with E-state index in [2.05, 4.69) is 4.98 Å². The smallest absolute Gasteiger partial charge is 0.354 e. The van der Waals surface area contributed by atoms with Crippen LogP contribution in [-0.4, -0.2) is 22.6 Å². The first-order valence-electron chi connectivity index (χ1n) is 7.01. The highest BCUT2D eigenvalue weighted by atomic mass is 35.5. The van der Waals surface area contributed by atoms with E-state index in [0.717, 1.165) is 11.1 Å². The van der Waals surface area contributed by atoms with E-state index in [-0.39, 0.29) is 21.8 Å². The van der Waals surface area contributed by atoms with Crippen LogP contribution in [0.5, 0.6) is 0 Å². The second-order valence-electron chi connectivity index (χ2n) is 5.42. The van der Waals surface area contributed by atoms with Crippen molar-refractivity contribution < 1.29 is 14.3 Å². The number of anilines is 1. The van der Waals surface area contributed by atoms with E-state index >= 15 is 0 Å². The minimum absolute atomic E-state index is 0.0324. The molecule has 0 spiro atoms. The Balaban J connectivity index is 1.98.